The fraction of sp³-hybridized carbons (Fsp3) is 0.375. The van der Waals surface area contributed by atoms with Crippen LogP contribution < -0.4 is 10.6 Å². The van der Waals surface area contributed by atoms with Crippen LogP contribution in [-0.4, -0.2) is 42.1 Å². The lowest BCUT2D eigenvalue weighted by Gasteiger charge is -2.29. The van der Waals surface area contributed by atoms with Crippen LogP contribution in [0.25, 0.3) is 10.8 Å². The average molecular weight is 284 g/mol. The van der Waals surface area contributed by atoms with Crippen LogP contribution in [0.3, 0.4) is 0 Å². The van der Waals surface area contributed by atoms with E-state index >= 15 is 0 Å². The first-order valence-corrected chi connectivity index (χ1v) is 7.31. The predicted molar refractivity (Wildman–Crippen MR) is 84.4 cm³/mol. The molecule has 0 atom stereocenters. The van der Waals surface area contributed by atoms with Gasteiger partial charge in [0.25, 0.3) is 0 Å². The highest BCUT2D eigenvalue weighted by Gasteiger charge is 2.18. The van der Waals surface area contributed by atoms with Crippen LogP contribution in [0.1, 0.15) is 12.8 Å². The van der Waals surface area contributed by atoms with Gasteiger partial charge in [-0.2, -0.15) is 0 Å². The highest BCUT2D eigenvalue weighted by Crippen LogP contribution is 2.22. The Morgan fingerprint density at radius 3 is 2.90 bits per heavy atom. The van der Waals surface area contributed by atoms with Crippen molar-refractivity contribution in [1.82, 2.24) is 15.2 Å². The number of hydrogen-bond donors (Lipinski definition) is 2. The molecule has 3 rings (SSSR count). The number of fused-ring (bicyclic) bond motifs is 1. The summed E-state index contributed by atoms with van der Waals surface area (Å²) in [7, 11) is 2.11. The molecule has 1 fully saturated rings. The van der Waals surface area contributed by atoms with Crippen molar-refractivity contribution >= 4 is 22.5 Å². The molecule has 0 saturated carbocycles. The van der Waals surface area contributed by atoms with E-state index in [1.807, 2.05) is 24.3 Å². The lowest BCUT2D eigenvalue weighted by atomic mass is 10.1. The van der Waals surface area contributed by atoms with Gasteiger partial charge in [-0.15, -0.1) is 0 Å². The summed E-state index contributed by atoms with van der Waals surface area (Å²) < 4.78 is 0. The topological polar surface area (TPSA) is 57.3 Å². The van der Waals surface area contributed by atoms with Crippen LogP contribution in [-0.2, 0) is 0 Å². The fourth-order valence-corrected chi connectivity index (χ4v) is 2.73. The molecule has 110 valence electrons. The monoisotopic (exact) mass is 284 g/mol. The Morgan fingerprint density at radius 2 is 2.10 bits per heavy atom. The van der Waals surface area contributed by atoms with Gasteiger partial charge in [-0.3, -0.25) is 4.98 Å². The Kier molecular flexibility index (Phi) is 4.01. The number of likely N-dealkylation sites (tertiary alicyclic amines) is 1. The zero-order chi connectivity index (χ0) is 14.7. The molecule has 1 aromatic carbocycles. The minimum atomic E-state index is -0.131. The highest BCUT2D eigenvalue weighted by atomic mass is 16.2. The summed E-state index contributed by atoms with van der Waals surface area (Å²) in [6.07, 6.45) is 5.55. The molecule has 2 aromatic rings. The van der Waals surface area contributed by atoms with Gasteiger partial charge in [0.05, 0.1) is 5.69 Å². The Bertz CT molecular complexity index is 630. The third-order valence-electron chi connectivity index (χ3n) is 3.98. The van der Waals surface area contributed by atoms with Crippen molar-refractivity contribution in [3.05, 3.63) is 36.7 Å². The van der Waals surface area contributed by atoms with Gasteiger partial charge in [0.2, 0.25) is 0 Å². The van der Waals surface area contributed by atoms with Crippen molar-refractivity contribution in [3.8, 4) is 0 Å². The van der Waals surface area contributed by atoms with Crippen molar-refractivity contribution in [2.45, 2.75) is 18.9 Å². The van der Waals surface area contributed by atoms with Gasteiger partial charge >= 0.3 is 6.03 Å². The highest BCUT2D eigenvalue weighted by molar-refractivity contribution is 6.01. The van der Waals surface area contributed by atoms with Crippen molar-refractivity contribution in [2.75, 3.05) is 25.5 Å². The SMILES string of the molecule is CN1CCC(NC(=O)Nc2cccc3cnccc23)CC1. The number of nitrogens with one attached hydrogen (secondary N) is 2. The predicted octanol–water partition coefficient (Wildman–Crippen LogP) is 2.45. The van der Waals surface area contributed by atoms with Crippen LogP contribution >= 0.6 is 0 Å². The number of aromatic nitrogens is 1. The molecule has 1 aromatic heterocycles. The number of carbonyl (C=O) groups is 1. The maximum absolute atomic E-state index is 12.2. The Hall–Kier alpha value is -2.14. The first-order valence-electron chi connectivity index (χ1n) is 7.31. The molecule has 5 heteroatoms. The van der Waals surface area contributed by atoms with Gasteiger partial charge in [0, 0.05) is 29.2 Å². The lowest BCUT2D eigenvalue weighted by molar-refractivity contribution is 0.221. The van der Waals surface area contributed by atoms with Crippen LogP contribution in [0.5, 0.6) is 0 Å². The third-order valence-corrected chi connectivity index (χ3v) is 3.98. The number of benzene rings is 1. The largest absolute Gasteiger partial charge is 0.335 e. The normalized spacial score (nSPS) is 16.8. The molecular formula is C16H20N4O. The second-order valence-corrected chi connectivity index (χ2v) is 5.58. The van der Waals surface area contributed by atoms with Crippen LogP contribution in [0.4, 0.5) is 10.5 Å². The smallest absolute Gasteiger partial charge is 0.319 e. The maximum atomic E-state index is 12.2. The fourth-order valence-electron chi connectivity index (χ4n) is 2.73. The van der Waals surface area contributed by atoms with E-state index in [9.17, 15) is 4.79 Å². The molecule has 5 nitrogen and oxygen atoms in total. The van der Waals surface area contributed by atoms with Crippen LogP contribution in [0.15, 0.2) is 36.7 Å². The number of pyridine rings is 1. The number of rotatable bonds is 2. The number of amides is 2. The quantitative estimate of drug-likeness (QED) is 0.890. The molecular weight excluding hydrogens is 264 g/mol. The van der Waals surface area contributed by atoms with E-state index in [1.165, 1.54) is 0 Å². The van der Waals surface area contributed by atoms with Crippen molar-refractivity contribution in [2.24, 2.45) is 0 Å². The number of urea groups is 1. The molecule has 0 unspecified atom stereocenters. The van der Waals surface area contributed by atoms with Crippen molar-refractivity contribution in [1.29, 1.82) is 0 Å². The minimum Gasteiger partial charge on any atom is -0.335 e. The summed E-state index contributed by atoms with van der Waals surface area (Å²) in [6.45, 7) is 2.07. The van der Waals surface area contributed by atoms with Gasteiger partial charge in [0.1, 0.15) is 0 Å². The molecule has 2 N–H and O–H groups in total. The molecule has 21 heavy (non-hydrogen) atoms. The summed E-state index contributed by atoms with van der Waals surface area (Å²) in [4.78, 5) is 18.5. The van der Waals surface area contributed by atoms with E-state index in [0.717, 1.165) is 42.4 Å². The van der Waals surface area contributed by atoms with E-state index in [0.29, 0.717) is 0 Å². The minimum absolute atomic E-state index is 0.131. The van der Waals surface area contributed by atoms with Crippen molar-refractivity contribution in [3.63, 3.8) is 0 Å². The molecule has 2 amide bonds. The van der Waals surface area contributed by atoms with Crippen LogP contribution in [0.2, 0.25) is 0 Å². The van der Waals surface area contributed by atoms with Gasteiger partial charge in [-0.05, 0) is 45.1 Å². The molecule has 0 spiro atoms. The summed E-state index contributed by atoms with van der Waals surface area (Å²) in [5.41, 5.74) is 0.820. The van der Waals surface area contributed by atoms with Gasteiger partial charge < -0.3 is 15.5 Å². The third kappa shape index (κ3) is 3.31. The molecule has 2 heterocycles. The summed E-state index contributed by atoms with van der Waals surface area (Å²) in [5.74, 6) is 0. The Labute approximate surface area is 124 Å². The number of nitrogens with zero attached hydrogens (tertiary/aromatic N) is 2. The van der Waals surface area contributed by atoms with E-state index < -0.39 is 0 Å². The second kappa shape index (κ2) is 6.10. The first-order chi connectivity index (χ1) is 10.2. The molecule has 0 radical (unpaired) electrons. The summed E-state index contributed by atoms with van der Waals surface area (Å²) >= 11 is 0. The maximum Gasteiger partial charge on any atom is 0.319 e. The van der Waals surface area contributed by atoms with E-state index in [1.54, 1.807) is 12.4 Å². The first kappa shape index (κ1) is 13.8. The zero-order valence-corrected chi connectivity index (χ0v) is 12.2. The van der Waals surface area contributed by atoms with E-state index in [2.05, 4.69) is 27.6 Å². The van der Waals surface area contributed by atoms with Crippen molar-refractivity contribution < 1.29 is 4.79 Å². The average Bonchev–Trinajstić information content (AvgIpc) is 2.50. The molecule has 1 aliphatic heterocycles. The lowest BCUT2D eigenvalue weighted by Crippen LogP contribution is -2.44. The summed E-state index contributed by atoms with van der Waals surface area (Å²) in [6, 6.07) is 7.88. The Balaban J connectivity index is 1.66. The zero-order valence-electron chi connectivity index (χ0n) is 12.2. The van der Waals surface area contributed by atoms with E-state index in [4.69, 9.17) is 0 Å². The molecule has 1 saturated heterocycles. The van der Waals surface area contributed by atoms with Gasteiger partial charge in [-0.1, -0.05) is 12.1 Å². The summed E-state index contributed by atoms with van der Waals surface area (Å²) in [5, 5.41) is 8.04. The number of anilines is 1. The number of hydrogen-bond acceptors (Lipinski definition) is 3. The standard InChI is InChI=1S/C16H20N4O/c1-20-9-6-13(7-10-20)18-16(21)19-15-4-2-3-12-11-17-8-5-14(12)15/h2-5,8,11,13H,6-7,9-10H2,1H3,(H2,18,19,21). The molecule has 0 bridgehead atoms. The number of piperidine rings is 1. The Morgan fingerprint density at radius 1 is 1.29 bits per heavy atom. The molecule has 1 aliphatic rings. The van der Waals surface area contributed by atoms with Gasteiger partial charge in [0.15, 0.2) is 0 Å². The van der Waals surface area contributed by atoms with Crippen LogP contribution in [0, 0.1) is 0 Å². The van der Waals surface area contributed by atoms with E-state index in [-0.39, 0.29) is 12.1 Å². The van der Waals surface area contributed by atoms with Gasteiger partial charge in [-0.25, -0.2) is 4.79 Å². The molecule has 0 aliphatic carbocycles. The second-order valence-electron chi connectivity index (χ2n) is 5.58. The number of carbonyl (C=O) groups excluding carboxylic acids is 1.